The third kappa shape index (κ3) is 4.65. The number of benzene rings is 2. The summed E-state index contributed by atoms with van der Waals surface area (Å²) in [6.45, 7) is 0. The molecule has 0 heterocycles. The summed E-state index contributed by atoms with van der Waals surface area (Å²) in [6, 6.07) is 12.1. The average molecular weight is 362 g/mol. The van der Waals surface area contributed by atoms with Gasteiger partial charge in [0.25, 0.3) is 5.91 Å². The highest BCUT2D eigenvalue weighted by atomic mass is 32.2. The lowest BCUT2D eigenvalue weighted by Crippen LogP contribution is -2.22. The normalized spacial score (nSPS) is 11.3. The number of hydrogen-bond donors (Lipinski definition) is 2. The Kier molecular flexibility index (Phi) is 5.55. The molecule has 0 aliphatic rings. The van der Waals surface area contributed by atoms with Crippen molar-refractivity contribution >= 4 is 27.6 Å². The molecule has 0 unspecified atom stereocenters. The molecule has 0 bridgehead atoms. The van der Waals surface area contributed by atoms with Crippen LogP contribution in [0.1, 0.15) is 15.9 Å². The van der Waals surface area contributed by atoms with Crippen LogP contribution >= 0.6 is 0 Å². The van der Waals surface area contributed by atoms with Crippen molar-refractivity contribution in [2.24, 2.45) is 0 Å². The van der Waals surface area contributed by atoms with Gasteiger partial charge < -0.3 is 10.4 Å². The Morgan fingerprint density at radius 1 is 1.00 bits per heavy atom. The number of carbonyl (C=O) groups is 2. The Hall–Kier alpha value is -2.71. The van der Waals surface area contributed by atoms with Gasteiger partial charge in [-0.15, -0.1) is 0 Å². The first-order valence-corrected chi connectivity index (χ1v) is 8.79. The minimum atomic E-state index is -3.54. The lowest BCUT2D eigenvalue weighted by atomic mass is 10.1. The Bertz CT molecular complexity index is 872. The van der Waals surface area contributed by atoms with Crippen LogP contribution in [0, 0.1) is 0 Å². The Morgan fingerprint density at radius 2 is 1.56 bits per heavy atom. The van der Waals surface area contributed by atoms with Gasteiger partial charge in [0.1, 0.15) is 0 Å². The number of sulfonamides is 1. The molecule has 0 aliphatic heterocycles. The third-order valence-corrected chi connectivity index (χ3v) is 5.29. The van der Waals surface area contributed by atoms with Crippen molar-refractivity contribution in [2.45, 2.75) is 11.3 Å². The van der Waals surface area contributed by atoms with Gasteiger partial charge in [0.05, 0.1) is 11.3 Å². The lowest BCUT2D eigenvalue weighted by molar-refractivity contribution is -0.136. The van der Waals surface area contributed by atoms with Gasteiger partial charge in [-0.05, 0) is 42.0 Å². The largest absolute Gasteiger partial charge is 0.481 e. The zero-order valence-corrected chi connectivity index (χ0v) is 14.6. The summed E-state index contributed by atoms with van der Waals surface area (Å²) >= 11 is 0. The smallest absolute Gasteiger partial charge is 0.307 e. The van der Waals surface area contributed by atoms with Crippen LogP contribution in [0.15, 0.2) is 53.4 Å². The van der Waals surface area contributed by atoms with E-state index in [4.69, 9.17) is 5.11 Å². The van der Waals surface area contributed by atoms with Crippen molar-refractivity contribution in [3.8, 4) is 0 Å². The standard InChI is InChI=1S/C17H18N2O5S/c1-19(2)25(23,24)15-9-5-13(6-10-15)17(22)18-14-7-3-12(4-8-14)11-16(20)21/h3-10H,11H2,1-2H3,(H,18,22)(H,20,21). The molecule has 0 aromatic heterocycles. The van der Waals surface area contributed by atoms with Crippen molar-refractivity contribution in [1.29, 1.82) is 0 Å². The third-order valence-electron chi connectivity index (χ3n) is 3.46. The maximum atomic E-state index is 12.2. The maximum absolute atomic E-state index is 12.2. The molecule has 8 heteroatoms. The SMILES string of the molecule is CN(C)S(=O)(=O)c1ccc(C(=O)Nc2ccc(CC(=O)O)cc2)cc1. The monoisotopic (exact) mass is 362 g/mol. The van der Waals surface area contributed by atoms with Gasteiger partial charge in [0, 0.05) is 25.3 Å². The molecule has 1 amide bonds. The highest BCUT2D eigenvalue weighted by molar-refractivity contribution is 7.89. The van der Waals surface area contributed by atoms with E-state index < -0.39 is 16.0 Å². The predicted molar refractivity (Wildman–Crippen MR) is 93.0 cm³/mol. The van der Waals surface area contributed by atoms with E-state index in [-0.39, 0.29) is 17.2 Å². The fourth-order valence-electron chi connectivity index (χ4n) is 2.07. The Labute approximate surface area is 146 Å². The first-order valence-electron chi connectivity index (χ1n) is 7.35. The summed E-state index contributed by atoms with van der Waals surface area (Å²) in [6.07, 6.45) is -0.0873. The summed E-state index contributed by atoms with van der Waals surface area (Å²) in [5, 5.41) is 11.4. The van der Waals surface area contributed by atoms with Crippen LogP contribution in [0.4, 0.5) is 5.69 Å². The van der Waals surface area contributed by atoms with Crippen molar-refractivity contribution in [3.63, 3.8) is 0 Å². The number of rotatable bonds is 6. The highest BCUT2D eigenvalue weighted by Crippen LogP contribution is 2.16. The van der Waals surface area contributed by atoms with E-state index in [0.717, 1.165) is 4.31 Å². The summed E-state index contributed by atoms with van der Waals surface area (Å²) in [5.74, 6) is -1.32. The minimum absolute atomic E-state index is 0.0873. The molecule has 0 radical (unpaired) electrons. The number of amides is 1. The number of carboxylic acid groups (broad SMARTS) is 1. The minimum Gasteiger partial charge on any atom is -0.481 e. The van der Waals surface area contributed by atoms with Gasteiger partial charge in [0.15, 0.2) is 0 Å². The number of anilines is 1. The van der Waals surface area contributed by atoms with Crippen LogP contribution in [-0.2, 0) is 21.2 Å². The van der Waals surface area contributed by atoms with Crippen LogP contribution in [0.2, 0.25) is 0 Å². The zero-order chi connectivity index (χ0) is 18.6. The Morgan fingerprint density at radius 3 is 2.04 bits per heavy atom. The van der Waals surface area contributed by atoms with E-state index in [1.807, 2.05) is 0 Å². The van der Waals surface area contributed by atoms with Gasteiger partial charge in [0.2, 0.25) is 10.0 Å². The van der Waals surface area contributed by atoms with Crippen LogP contribution in [0.5, 0.6) is 0 Å². The molecule has 132 valence electrons. The fraction of sp³-hybridized carbons (Fsp3) is 0.176. The maximum Gasteiger partial charge on any atom is 0.307 e. The highest BCUT2D eigenvalue weighted by Gasteiger charge is 2.17. The van der Waals surface area contributed by atoms with Gasteiger partial charge in [-0.1, -0.05) is 12.1 Å². The number of hydrogen-bond acceptors (Lipinski definition) is 4. The second-order valence-electron chi connectivity index (χ2n) is 5.53. The molecular weight excluding hydrogens is 344 g/mol. The van der Waals surface area contributed by atoms with Gasteiger partial charge in [-0.25, -0.2) is 12.7 Å². The van der Waals surface area contributed by atoms with Crippen molar-refractivity contribution < 1.29 is 23.1 Å². The lowest BCUT2D eigenvalue weighted by Gasteiger charge is -2.11. The molecule has 2 N–H and O–H groups in total. The number of aliphatic carboxylic acids is 1. The molecule has 0 spiro atoms. The first kappa shape index (κ1) is 18.6. The van der Waals surface area contributed by atoms with E-state index >= 15 is 0 Å². The Balaban J connectivity index is 2.10. The summed E-state index contributed by atoms with van der Waals surface area (Å²) < 4.78 is 25.1. The average Bonchev–Trinajstić information content (AvgIpc) is 2.56. The summed E-state index contributed by atoms with van der Waals surface area (Å²) in [4.78, 5) is 23.0. The van der Waals surface area contributed by atoms with E-state index in [1.165, 1.54) is 38.4 Å². The first-order chi connectivity index (χ1) is 11.7. The van der Waals surface area contributed by atoms with Crippen molar-refractivity contribution in [1.82, 2.24) is 4.31 Å². The van der Waals surface area contributed by atoms with E-state index in [2.05, 4.69) is 5.32 Å². The van der Waals surface area contributed by atoms with Gasteiger partial charge in [-0.3, -0.25) is 9.59 Å². The van der Waals surface area contributed by atoms with Gasteiger partial charge >= 0.3 is 5.97 Å². The molecular formula is C17H18N2O5S. The van der Waals surface area contributed by atoms with Crippen LogP contribution in [0.3, 0.4) is 0 Å². The van der Waals surface area contributed by atoms with E-state index in [1.54, 1.807) is 24.3 Å². The molecule has 2 aromatic rings. The van der Waals surface area contributed by atoms with E-state index in [0.29, 0.717) is 16.8 Å². The van der Waals surface area contributed by atoms with Crippen molar-refractivity contribution in [2.75, 3.05) is 19.4 Å². The second-order valence-corrected chi connectivity index (χ2v) is 7.69. The van der Waals surface area contributed by atoms with Crippen LogP contribution in [-0.4, -0.2) is 43.8 Å². The number of carboxylic acids is 1. The molecule has 2 aromatic carbocycles. The van der Waals surface area contributed by atoms with Crippen molar-refractivity contribution in [3.05, 3.63) is 59.7 Å². The van der Waals surface area contributed by atoms with Gasteiger partial charge in [-0.2, -0.15) is 0 Å². The number of nitrogens with one attached hydrogen (secondary N) is 1. The molecule has 0 saturated carbocycles. The predicted octanol–water partition coefficient (Wildman–Crippen LogP) is 1.82. The fourth-order valence-corrected chi connectivity index (χ4v) is 2.97. The van der Waals surface area contributed by atoms with Crippen LogP contribution < -0.4 is 5.32 Å². The second kappa shape index (κ2) is 7.45. The molecule has 0 saturated heterocycles. The molecule has 0 fully saturated rings. The topological polar surface area (TPSA) is 104 Å². The molecule has 7 nitrogen and oxygen atoms in total. The molecule has 0 aliphatic carbocycles. The number of carbonyl (C=O) groups excluding carboxylic acids is 1. The van der Waals surface area contributed by atoms with Crippen LogP contribution in [0.25, 0.3) is 0 Å². The summed E-state index contributed by atoms with van der Waals surface area (Å²) in [7, 11) is -0.670. The zero-order valence-electron chi connectivity index (χ0n) is 13.8. The molecule has 2 rings (SSSR count). The summed E-state index contributed by atoms with van der Waals surface area (Å²) in [5.41, 5.74) is 1.46. The molecule has 0 atom stereocenters. The van der Waals surface area contributed by atoms with E-state index in [9.17, 15) is 18.0 Å². The number of nitrogens with zero attached hydrogens (tertiary/aromatic N) is 1. The quantitative estimate of drug-likeness (QED) is 0.816. The molecule has 25 heavy (non-hydrogen) atoms.